The fraction of sp³-hybridized carbons (Fsp3) is 0.190. The molecule has 0 unspecified atom stereocenters. The van der Waals surface area contributed by atoms with E-state index in [2.05, 4.69) is 0 Å². The zero-order valence-electron chi connectivity index (χ0n) is 15.4. The summed E-state index contributed by atoms with van der Waals surface area (Å²) < 4.78 is 10.1. The SMILES string of the molecule is COc1cccc(C(=O)COC(=O)/C(C#N)=C/c2ccc(N(C)C)cc2)c1. The highest BCUT2D eigenvalue weighted by molar-refractivity contribution is 6.02. The van der Waals surface area contributed by atoms with Crippen LogP contribution in [-0.4, -0.2) is 39.6 Å². The fourth-order valence-corrected chi connectivity index (χ4v) is 2.26. The van der Waals surface area contributed by atoms with Gasteiger partial charge in [-0.3, -0.25) is 4.79 Å². The van der Waals surface area contributed by atoms with Gasteiger partial charge < -0.3 is 14.4 Å². The first-order chi connectivity index (χ1) is 12.9. The predicted octanol–water partition coefficient (Wildman–Crippen LogP) is 3.09. The van der Waals surface area contributed by atoms with Crippen molar-refractivity contribution in [2.75, 3.05) is 32.7 Å². The van der Waals surface area contributed by atoms with Crippen LogP contribution in [0.25, 0.3) is 6.08 Å². The number of rotatable bonds is 7. The number of anilines is 1. The second kappa shape index (κ2) is 9.20. The Hall–Kier alpha value is -3.59. The van der Waals surface area contributed by atoms with Crippen LogP contribution in [0.15, 0.2) is 54.1 Å². The number of ether oxygens (including phenoxy) is 2. The third-order valence-corrected chi connectivity index (χ3v) is 3.79. The number of Topliss-reactive ketones (excluding diaryl/α,β-unsaturated/α-hetero) is 1. The van der Waals surface area contributed by atoms with Crippen LogP contribution in [0.5, 0.6) is 5.75 Å². The molecule has 0 aliphatic heterocycles. The van der Waals surface area contributed by atoms with Gasteiger partial charge in [-0.2, -0.15) is 5.26 Å². The number of ketones is 1. The van der Waals surface area contributed by atoms with Crippen molar-refractivity contribution in [1.29, 1.82) is 5.26 Å². The Balaban J connectivity index is 2.04. The summed E-state index contributed by atoms with van der Waals surface area (Å²) >= 11 is 0. The first-order valence-corrected chi connectivity index (χ1v) is 8.18. The van der Waals surface area contributed by atoms with Crippen molar-refractivity contribution in [2.45, 2.75) is 0 Å². The molecule has 0 heterocycles. The van der Waals surface area contributed by atoms with Crippen molar-refractivity contribution in [3.05, 3.63) is 65.2 Å². The lowest BCUT2D eigenvalue weighted by molar-refractivity contribution is -0.137. The highest BCUT2D eigenvalue weighted by atomic mass is 16.5. The lowest BCUT2D eigenvalue weighted by atomic mass is 10.1. The van der Waals surface area contributed by atoms with Gasteiger partial charge in [0.05, 0.1) is 7.11 Å². The van der Waals surface area contributed by atoms with E-state index in [0.717, 1.165) is 5.69 Å². The van der Waals surface area contributed by atoms with Gasteiger partial charge in [-0.25, -0.2) is 4.79 Å². The van der Waals surface area contributed by atoms with Crippen molar-refractivity contribution in [3.8, 4) is 11.8 Å². The lowest BCUT2D eigenvalue weighted by Gasteiger charge is -2.11. The van der Waals surface area contributed by atoms with E-state index < -0.39 is 12.6 Å². The molecular formula is C21H20N2O4. The van der Waals surface area contributed by atoms with E-state index in [9.17, 15) is 14.9 Å². The van der Waals surface area contributed by atoms with Crippen molar-refractivity contribution >= 4 is 23.5 Å². The third kappa shape index (κ3) is 5.44. The summed E-state index contributed by atoms with van der Waals surface area (Å²) in [6.45, 7) is -0.454. The number of hydrogen-bond donors (Lipinski definition) is 0. The smallest absolute Gasteiger partial charge is 0.349 e. The fourth-order valence-electron chi connectivity index (χ4n) is 2.26. The van der Waals surface area contributed by atoms with Gasteiger partial charge in [0.2, 0.25) is 0 Å². The predicted molar refractivity (Wildman–Crippen MR) is 103 cm³/mol. The molecule has 0 atom stereocenters. The summed E-state index contributed by atoms with van der Waals surface area (Å²) in [6.07, 6.45) is 1.43. The Labute approximate surface area is 158 Å². The van der Waals surface area contributed by atoms with E-state index in [-0.39, 0.29) is 11.4 Å². The van der Waals surface area contributed by atoms with Crippen molar-refractivity contribution in [2.24, 2.45) is 0 Å². The maximum atomic E-state index is 12.1. The van der Waals surface area contributed by atoms with E-state index in [4.69, 9.17) is 9.47 Å². The van der Waals surface area contributed by atoms with Gasteiger partial charge in [-0.15, -0.1) is 0 Å². The minimum atomic E-state index is -0.842. The molecule has 138 valence electrons. The largest absolute Gasteiger partial charge is 0.497 e. The number of hydrogen-bond acceptors (Lipinski definition) is 6. The summed E-state index contributed by atoms with van der Waals surface area (Å²) in [7, 11) is 5.34. The van der Waals surface area contributed by atoms with Gasteiger partial charge in [0.25, 0.3) is 0 Å². The zero-order chi connectivity index (χ0) is 19.8. The summed E-state index contributed by atoms with van der Waals surface area (Å²) in [5.41, 5.74) is 1.88. The highest BCUT2D eigenvalue weighted by Crippen LogP contribution is 2.16. The molecule has 0 saturated carbocycles. The Morgan fingerprint density at radius 3 is 2.44 bits per heavy atom. The minimum absolute atomic E-state index is 0.175. The lowest BCUT2D eigenvalue weighted by Crippen LogP contribution is -2.15. The van der Waals surface area contributed by atoms with E-state index >= 15 is 0 Å². The van der Waals surface area contributed by atoms with Gasteiger partial charge in [-0.1, -0.05) is 24.3 Å². The second-order valence-electron chi connectivity index (χ2n) is 5.89. The first kappa shape index (κ1) is 19.7. The van der Waals surface area contributed by atoms with Crippen LogP contribution < -0.4 is 9.64 Å². The molecule has 0 aromatic heterocycles. The van der Waals surface area contributed by atoms with Crippen molar-refractivity contribution in [1.82, 2.24) is 0 Å². The number of esters is 1. The average Bonchev–Trinajstić information content (AvgIpc) is 2.70. The molecule has 2 aromatic carbocycles. The van der Waals surface area contributed by atoms with E-state index in [0.29, 0.717) is 16.9 Å². The number of benzene rings is 2. The molecule has 2 rings (SSSR count). The van der Waals surface area contributed by atoms with E-state index in [1.165, 1.54) is 13.2 Å². The topological polar surface area (TPSA) is 79.6 Å². The van der Waals surface area contributed by atoms with Crippen LogP contribution >= 0.6 is 0 Å². The molecule has 0 N–H and O–H groups in total. The maximum Gasteiger partial charge on any atom is 0.349 e. The van der Waals surface area contributed by atoms with Gasteiger partial charge in [-0.05, 0) is 35.9 Å². The standard InChI is InChI=1S/C21H20N2O4/c1-23(2)18-9-7-15(8-10-18)11-17(13-22)21(25)27-14-20(24)16-5-4-6-19(12-16)26-3/h4-12H,14H2,1-3H3/b17-11+. The van der Waals surface area contributed by atoms with E-state index in [1.54, 1.807) is 36.4 Å². The molecule has 2 aromatic rings. The number of carbonyl (C=O) groups excluding carboxylic acids is 2. The Morgan fingerprint density at radius 1 is 1.15 bits per heavy atom. The van der Waals surface area contributed by atoms with Crippen molar-refractivity contribution < 1.29 is 19.1 Å². The van der Waals surface area contributed by atoms with Gasteiger partial charge in [0, 0.05) is 25.3 Å². The molecule has 0 aliphatic carbocycles. The second-order valence-corrected chi connectivity index (χ2v) is 5.89. The summed E-state index contributed by atoms with van der Waals surface area (Å²) in [4.78, 5) is 26.2. The van der Waals surface area contributed by atoms with Crippen molar-refractivity contribution in [3.63, 3.8) is 0 Å². The van der Waals surface area contributed by atoms with Crippen LogP contribution in [0.4, 0.5) is 5.69 Å². The molecule has 0 radical (unpaired) electrons. The molecule has 27 heavy (non-hydrogen) atoms. The summed E-state index contributed by atoms with van der Waals surface area (Å²) in [5, 5.41) is 9.22. The molecular weight excluding hydrogens is 344 g/mol. The number of nitriles is 1. The van der Waals surface area contributed by atoms with Gasteiger partial charge >= 0.3 is 5.97 Å². The first-order valence-electron chi connectivity index (χ1n) is 8.18. The zero-order valence-corrected chi connectivity index (χ0v) is 15.4. The van der Waals surface area contributed by atoms with E-state index in [1.807, 2.05) is 37.2 Å². The monoisotopic (exact) mass is 364 g/mol. The normalized spacial score (nSPS) is 10.7. The Kier molecular flexibility index (Phi) is 6.73. The van der Waals surface area contributed by atoms with Gasteiger partial charge in [0.1, 0.15) is 17.4 Å². The Bertz CT molecular complexity index is 893. The molecule has 6 heteroatoms. The minimum Gasteiger partial charge on any atom is -0.497 e. The van der Waals surface area contributed by atoms with Crippen LogP contribution in [-0.2, 0) is 9.53 Å². The number of carbonyl (C=O) groups is 2. The molecule has 0 saturated heterocycles. The average molecular weight is 364 g/mol. The number of nitrogens with zero attached hydrogens (tertiary/aromatic N) is 2. The summed E-state index contributed by atoms with van der Waals surface area (Å²) in [5.74, 6) is -0.689. The molecule has 0 spiro atoms. The van der Waals surface area contributed by atoms with Crippen LogP contribution in [0.2, 0.25) is 0 Å². The van der Waals surface area contributed by atoms with Crippen LogP contribution in [0.1, 0.15) is 15.9 Å². The molecule has 0 aliphatic rings. The molecule has 0 amide bonds. The highest BCUT2D eigenvalue weighted by Gasteiger charge is 2.14. The van der Waals surface area contributed by atoms with Crippen LogP contribution in [0.3, 0.4) is 0 Å². The molecule has 0 fully saturated rings. The quantitative estimate of drug-likeness (QED) is 0.325. The summed E-state index contributed by atoms with van der Waals surface area (Å²) in [6, 6.07) is 15.7. The third-order valence-electron chi connectivity index (χ3n) is 3.79. The van der Waals surface area contributed by atoms with Gasteiger partial charge in [0.15, 0.2) is 12.4 Å². The molecule has 0 bridgehead atoms. The maximum absolute atomic E-state index is 12.1. The number of methoxy groups -OCH3 is 1. The molecule has 6 nitrogen and oxygen atoms in total. The Morgan fingerprint density at radius 2 is 1.85 bits per heavy atom. The van der Waals surface area contributed by atoms with Crippen LogP contribution in [0, 0.1) is 11.3 Å².